The van der Waals surface area contributed by atoms with E-state index in [4.69, 9.17) is 4.74 Å². The lowest BCUT2D eigenvalue weighted by atomic mass is 9.90. The van der Waals surface area contributed by atoms with Crippen molar-refractivity contribution in [1.82, 2.24) is 0 Å². The molecule has 0 bridgehead atoms. The van der Waals surface area contributed by atoms with Crippen molar-refractivity contribution in [3.63, 3.8) is 0 Å². The maximum atomic E-state index is 5.41. The number of alkyl halides is 1. The van der Waals surface area contributed by atoms with Gasteiger partial charge in [0.05, 0.1) is 7.11 Å². The second kappa shape index (κ2) is 6.29. The highest BCUT2D eigenvalue weighted by Gasteiger charge is 2.15. The minimum atomic E-state index is 0.663. The first kappa shape index (κ1) is 13.6. The summed E-state index contributed by atoms with van der Waals surface area (Å²) in [4.78, 5) is 0. The molecule has 1 unspecified atom stereocenters. The second-order valence-corrected chi connectivity index (χ2v) is 5.33. The molecule has 1 aromatic rings. The van der Waals surface area contributed by atoms with Crippen LogP contribution in [-0.2, 0) is 6.42 Å². The minimum Gasteiger partial charge on any atom is -0.496 e. The van der Waals surface area contributed by atoms with Crippen molar-refractivity contribution < 1.29 is 4.74 Å². The van der Waals surface area contributed by atoms with E-state index in [1.54, 1.807) is 7.11 Å². The van der Waals surface area contributed by atoms with Crippen molar-refractivity contribution in [2.75, 3.05) is 12.4 Å². The zero-order chi connectivity index (χ0) is 12.1. The second-order valence-electron chi connectivity index (χ2n) is 4.68. The van der Waals surface area contributed by atoms with E-state index < -0.39 is 0 Å². The first-order valence-electron chi connectivity index (χ1n) is 5.78. The van der Waals surface area contributed by atoms with E-state index in [1.807, 2.05) is 0 Å². The zero-order valence-corrected chi connectivity index (χ0v) is 12.2. The molecule has 2 heteroatoms. The monoisotopic (exact) mass is 284 g/mol. The van der Waals surface area contributed by atoms with Crippen LogP contribution in [0.5, 0.6) is 5.75 Å². The van der Waals surface area contributed by atoms with Crippen LogP contribution in [0.4, 0.5) is 0 Å². The van der Waals surface area contributed by atoms with E-state index in [1.165, 1.54) is 11.1 Å². The molecule has 90 valence electrons. The summed E-state index contributed by atoms with van der Waals surface area (Å²) in [5, 5.41) is 1.04. The van der Waals surface area contributed by atoms with Gasteiger partial charge < -0.3 is 4.74 Å². The molecule has 1 nitrogen and oxygen atoms in total. The number of rotatable bonds is 5. The highest BCUT2D eigenvalue weighted by atomic mass is 79.9. The molecule has 1 aromatic carbocycles. The summed E-state index contributed by atoms with van der Waals surface area (Å²) < 4.78 is 5.41. The molecular formula is C14H21BrO. The molecular weight excluding hydrogens is 264 g/mol. The number of ether oxygens (including phenoxy) is 1. The van der Waals surface area contributed by atoms with Crippen LogP contribution in [0.15, 0.2) is 18.2 Å². The summed E-state index contributed by atoms with van der Waals surface area (Å²) in [6, 6.07) is 6.40. The normalized spacial score (nSPS) is 12.9. The number of halogens is 1. The molecule has 0 aliphatic carbocycles. The molecule has 0 saturated heterocycles. The van der Waals surface area contributed by atoms with Gasteiger partial charge in [-0.15, -0.1) is 0 Å². The van der Waals surface area contributed by atoms with Gasteiger partial charge in [-0.3, -0.25) is 0 Å². The number of benzene rings is 1. The van der Waals surface area contributed by atoms with Gasteiger partial charge in [-0.2, -0.15) is 0 Å². The van der Waals surface area contributed by atoms with Gasteiger partial charge in [-0.25, -0.2) is 0 Å². The highest BCUT2D eigenvalue weighted by Crippen LogP contribution is 2.26. The zero-order valence-electron chi connectivity index (χ0n) is 10.6. The Hall–Kier alpha value is -0.500. The fraction of sp³-hybridized carbons (Fsp3) is 0.571. The van der Waals surface area contributed by atoms with Crippen molar-refractivity contribution in [2.24, 2.45) is 11.8 Å². The molecule has 0 radical (unpaired) electrons. The predicted octanol–water partition coefficient (Wildman–Crippen LogP) is 4.21. The summed E-state index contributed by atoms with van der Waals surface area (Å²) in [5.74, 6) is 2.36. The van der Waals surface area contributed by atoms with Gasteiger partial charge in [-0.1, -0.05) is 47.5 Å². The molecule has 0 spiro atoms. The Balaban J connectivity index is 2.89. The fourth-order valence-electron chi connectivity index (χ4n) is 1.82. The fourth-order valence-corrected chi connectivity index (χ4v) is 2.79. The summed E-state index contributed by atoms with van der Waals surface area (Å²) in [6.45, 7) is 6.67. The maximum absolute atomic E-state index is 5.41. The maximum Gasteiger partial charge on any atom is 0.122 e. The number of aryl methyl sites for hydroxylation is 1. The van der Waals surface area contributed by atoms with Crippen LogP contribution in [0.1, 0.15) is 25.0 Å². The van der Waals surface area contributed by atoms with Gasteiger partial charge in [0, 0.05) is 5.33 Å². The minimum absolute atomic E-state index is 0.663. The SMILES string of the molecule is COc1ccc(C)cc1CC(CBr)C(C)C. The number of hydrogen-bond acceptors (Lipinski definition) is 1. The van der Waals surface area contributed by atoms with Gasteiger partial charge in [0.15, 0.2) is 0 Å². The molecule has 0 amide bonds. The van der Waals surface area contributed by atoms with E-state index in [-0.39, 0.29) is 0 Å². The van der Waals surface area contributed by atoms with Gasteiger partial charge in [0.1, 0.15) is 5.75 Å². The predicted molar refractivity (Wildman–Crippen MR) is 73.6 cm³/mol. The van der Waals surface area contributed by atoms with Crippen LogP contribution in [-0.4, -0.2) is 12.4 Å². The summed E-state index contributed by atoms with van der Waals surface area (Å²) in [7, 11) is 1.74. The topological polar surface area (TPSA) is 9.23 Å². The quantitative estimate of drug-likeness (QED) is 0.736. The number of methoxy groups -OCH3 is 1. The first-order chi connectivity index (χ1) is 7.58. The van der Waals surface area contributed by atoms with Gasteiger partial charge in [0.25, 0.3) is 0 Å². The van der Waals surface area contributed by atoms with E-state index in [0.29, 0.717) is 11.8 Å². The summed E-state index contributed by atoms with van der Waals surface area (Å²) in [5.41, 5.74) is 2.62. The van der Waals surface area contributed by atoms with Crippen LogP contribution in [0.25, 0.3) is 0 Å². The van der Waals surface area contributed by atoms with Gasteiger partial charge in [0.2, 0.25) is 0 Å². The van der Waals surface area contributed by atoms with Crippen molar-refractivity contribution in [1.29, 1.82) is 0 Å². The van der Waals surface area contributed by atoms with Crippen molar-refractivity contribution in [2.45, 2.75) is 27.2 Å². The average Bonchev–Trinajstić information content (AvgIpc) is 2.25. The molecule has 0 fully saturated rings. The Morgan fingerprint density at radius 1 is 1.31 bits per heavy atom. The lowest BCUT2D eigenvalue weighted by Crippen LogP contribution is -2.14. The third kappa shape index (κ3) is 3.51. The van der Waals surface area contributed by atoms with Gasteiger partial charge in [-0.05, 0) is 36.8 Å². The van der Waals surface area contributed by atoms with Crippen LogP contribution < -0.4 is 4.74 Å². The molecule has 0 aliphatic heterocycles. The molecule has 0 N–H and O–H groups in total. The average molecular weight is 285 g/mol. The van der Waals surface area contributed by atoms with Crippen molar-refractivity contribution in [3.05, 3.63) is 29.3 Å². The molecule has 0 aromatic heterocycles. The van der Waals surface area contributed by atoms with Gasteiger partial charge >= 0.3 is 0 Å². The Labute approximate surface area is 107 Å². The standard InChI is InChI=1S/C14H21BrO/c1-10(2)13(9-15)8-12-7-11(3)5-6-14(12)16-4/h5-7,10,13H,8-9H2,1-4H3. The Kier molecular flexibility index (Phi) is 5.33. The molecule has 0 aliphatic rings. The Morgan fingerprint density at radius 3 is 2.50 bits per heavy atom. The molecule has 16 heavy (non-hydrogen) atoms. The van der Waals surface area contributed by atoms with E-state index in [0.717, 1.165) is 17.5 Å². The first-order valence-corrected chi connectivity index (χ1v) is 6.90. The Morgan fingerprint density at radius 2 is 2.00 bits per heavy atom. The van der Waals surface area contributed by atoms with Crippen molar-refractivity contribution >= 4 is 15.9 Å². The van der Waals surface area contributed by atoms with E-state index >= 15 is 0 Å². The molecule has 0 heterocycles. The number of hydrogen-bond donors (Lipinski definition) is 0. The molecule has 1 rings (SSSR count). The summed E-state index contributed by atoms with van der Waals surface area (Å²) >= 11 is 3.60. The third-order valence-electron chi connectivity index (χ3n) is 3.06. The van der Waals surface area contributed by atoms with E-state index in [9.17, 15) is 0 Å². The van der Waals surface area contributed by atoms with Crippen LogP contribution >= 0.6 is 15.9 Å². The van der Waals surface area contributed by atoms with Crippen LogP contribution in [0, 0.1) is 18.8 Å². The Bertz CT molecular complexity index is 334. The largest absolute Gasteiger partial charge is 0.496 e. The molecule has 0 saturated carbocycles. The third-order valence-corrected chi connectivity index (χ3v) is 3.89. The lowest BCUT2D eigenvalue weighted by molar-refractivity contribution is 0.390. The van der Waals surface area contributed by atoms with Crippen LogP contribution in [0.2, 0.25) is 0 Å². The van der Waals surface area contributed by atoms with Crippen molar-refractivity contribution in [3.8, 4) is 5.75 Å². The van der Waals surface area contributed by atoms with Crippen LogP contribution in [0.3, 0.4) is 0 Å². The summed E-state index contributed by atoms with van der Waals surface area (Å²) in [6.07, 6.45) is 1.08. The lowest BCUT2D eigenvalue weighted by Gasteiger charge is -2.19. The van der Waals surface area contributed by atoms with E-state index in [2.05, 4.69) is 54.9 Å². The molecule has 1 atom stereocenters. The smallest absolute Gasteiger partial charge is 0.122 e. The highest BCUT2D eigenvalue weighted by molar-refractivity contribution is 9.09.